The summed E-state index contributed by atoms with van der Waals surface area (Å²) < 4.78 is 27.8. The van der Waals surface area contributed by atoms with Crippen LogP contribution in [0.4, 0.5) is 5.69 Å². The Morgan fingerprint density at radius 3 is 2.39 bits per heavy atom. The second kappa shape index (κ2) is 9.63. The molecule has 0 unspecified atom stereocenters. The largest absolute Gasteiger partial charge is 0.508 e. The van der Waals surface area contributed by atoms with Crippen LogP contribution in [0.25, 0.3) is 0 Å². The van der Waals surface area contributed by atoms with Crippen LogP contribution in [0.2, 0.25) is 5.02 Å². The molecule has 31 heavy (non-hydrogen) atoms. The quantitative estimate of drug-likeness (QED) is 0.361. The van der Waals surface area contributed by atoms with Gasteiger partial charge in [0.15, 0.2) is 0 Å². The molecule has 7 nitrogen and oxygen atoms in total. The van der Waals surface area contributed by atoms with Crippen molar-refractivity contribution in [3.8, 4) is 5.75 Å². The number of nitrogens with zero attached hydrogens (tertiary/aromatic N) is 1. The zero-order chi connectivity index (χ0) is 22.4. The van der Waals surface area contributed by atoms with Crippen molar-refractivity contribution < 1.29 is 18.3 Å². The fraction of sp³-hybridized carbons (Fsp3) is 0.0909. The van der Waals surface area contributed by atoms with E-state index >= 15 is 0 Å². The van der Waals surface area contributed by atoms with Gasteiger partial charge >= 0.3 is 0 Å². The number of aromatic hydroxyl groups is 1. The second-order valence-corrected chi connectivity index (χ2v) is 8.60. The molecule has 3 N–H and O–H groups in total. The van der Waals surface area contributed by atoms with Crippen LogP contribution in [0.3, 0.4) is 0 Å². The van der Waals surface area contributed by atoms with Crippen LogP contribution in [0, 0.1) is 0 Å². The normalized spacial score (nSPS) is 11.7. The number of sulfonamides is 1. The Morgan fingerprint density at radius 2 is 1.71 bits per heavy atom. The van der Waals surface area contributed by atoms with Crippen LogP contribution in [0.5, 0.6) is 5.75 Å². The van der Waals surface area contributed by atoms with Crippen molar-refractivity contribution >= 4 is 38.9 Å². The molecule has 0 aliphatic carbocycles. The van der Waals surface area contributed by atoms with Crippen LogP contribution >= 0.6 is 11.6 Å². The SMILES string of the molecule is CC/C(=N\NC(=O)c1cccc(S(=O)(=O)Nc2ccccc2Cl)c1)c1ccc(O)cc1. The number of halogens is 1. The molecule has 0 spiro atoms. The first kappa shape index (κ1) is 22.3. The fourth-order valence-electron chi connectivity index (χ4n) is 2.74. The molecule has 3 aromatic rings. The Bertz CT molecular complexity index is 1230. The summed E-state index contributed by atoms with van der Waals surface area (Å²) in [5.74, 6) is -0.425. The summed E-state index contributed by atoms with van der Waals surface area (Å²) in [5.41, 5.74) is 4.18. The molecule has 0 radical (unpaired) electrons. The first-order valence-corrected chi connectivity index (χ1v) is 11.2. The van der Waals surface area contributed by atoms with E-state index in [0.29, 0.717) is 12.1 Å². The van der Waals surface area contributed by atoms with Gasteiger partial charge in [-0.2, -0.15) is 5.10 Å². The third kappa shape index (κ3) is 5.62. The number of hydrogen-bond acceptors (Lipinski definition) is 5. The molecule has 0 bridgehead atoms. The summed E-state index contributed by atoms with van der Waals surface area (Å²) in [6.07, 6.45) is 0.543. The Hall–Kier alpha value is -3.36. The zero-order valence-electron chi connectivity index (χ0n) is 16.5. The van der Waals surface area contributed by atoms with Crippen molar-refractivity contribution in [3.63, 3.8) is 0 Å². The van der Waals surface area contributed by atoms with Crippen molar-refractivity contribution in [1.82, 2.24) is 5.43 Å². The molecule has 160 valence electrons. The lowest BCUT2D eigenvalue weighted by Gasteiger charge is -2.10. The molecule has 0 saturated carbocycles. The summed E-state index contributed by atoms with van der Waals surface area (Å²) in [4.78, 5) is 12.5. The van der Waals surface area contributed by atoms with Crippen molar-refractivity contribution in [3.05, 3.63) is 88.9 Å². The highest BCUT2D eigenvalue weighted by atomic mass is 35.5. The van der Waals surface area contributed by atoms with E-state index in [1.165, 1.54) is 36.4 Å². The molecule has 0 heterocycles. The van der Waals surface area contributed by atoms with Crippen molar-refractivity contribution in [2.45, 2.75) is 18.2 Å². The van der Waals surface area contributed by atoms with Crippen LogP contribution in [0.15, 0.2) is 82.8 Å². The number of hydrogen-bond donors (Lipinski definition) is 3. The number of rotatable bonds is 7. The maximum Gasteiger partial charge on any atom is 0.271 e. The minimum Gasteiger partial charge on any atom is -0.508 e. The van der Waals surface area contributed by atoms with Gasteiger partial charge in [-0.3, -0.25) is 9.52 Å². The molecule has 3 aromatic carbocycles. The van der Waals surface area contributed by atoms with Gasteiger partial charge in [-0.05, 0) is 66.6 Å². The number of amides is 1. The highest BCUT2D eigenvalue weighted by molar-refractivity contribution is 7.92. The van der Waals surface area contributed by atoms with Crippen molar-refractivity contribution in [2.75, 3.05) is 4.72 Å². The summed E-state index contributed by atoms with van der Waals surface area (Å²) in [6, 6.07) is 18.5. The van der Waals surface area contributed by atoms with E-state index in [9.17, 15) is 18.3 Å². The summed E-state index contributed by atoms with van der Waals surface area (Å²) in [6.45, 7) is 1.88. The predicted octanol–water partition coefficient (Wildman–Crippen LogP) is 4.39. The lowest BCUT2D eigenvalue weighted by Crippen LogP contribution is -2.21. The Morgan fingerprint density at radius 1 is 1.00 bits per heavy atom. The minimum absolute atomic E-state index is 0.0849. The molecule has 0 aliphatic heterocycles. The lowest BCUT2D eigenvalue weighted by atomic mass is 10.1. The summed E-state index contributed by atoms with van der Waals surface area (Å²) in [7, 11) is -3.95. The molecule has 1 amide bonds. The summed E-state index contributed by atoms with van der Waals surface area (Å²) >= 11 is 6.02. The number of phenolic OH excluding ortho intramolecular Hbond substituents is 1. The predicted molar refractivity (Wildman–Crippen MR) is 121 cm³/mol. The maximum absolute atomic E-state index is 12.7. The number of nitrogens with one attached hydrogen (secondary N) is 2. The van der Waals surface area contributed by atoms with Gasteiger partial charge < -0.3 is 5.11 Å². The second-order valence-electron chi connectivity index (χ2n) is 6.51. The van der Waals surface area contributed by atoms with Crippen LogP contribution in [-0.4, -0.2) is 25.1 Å². The van der Waals surface area contributed by atoms with E-state index in [1.807, 2.05) is 6.92 Å². The Kier molecular flexibility index (Phi) is 6.94. The van der Waals surface area contributed by atoms with Crippen molar-refractivity contribution in [2.24, 2.45) is 5.10 Å². The van der Waals surface area contributed by atoms with E-state index in [4.69, 9.17) is 11.6 Å². The van der Waals surface area contributed by atoms with E-state index in [1.54, 1.807) is 36.4 Å². The van der Waals surface area contributed by atoms with Gasteiger partial charge in [0.1, 0.15) is 5.75 Å². The molecular formula is C22H20ClN3O4S. The van der Waals surface area contributed by atoms with Gasteiger partial charge in [-0.1, -0.05) is 36.7 Å². The number of para-hydroxylation sites is 1. The first-order valence-electron chi connectivity index (χ1n) is 9.34. The van der Waals surface area contributed by atoms with Gasteiger partial charge in [0.2, 0.25) is 0 Å². The third-order valence-corrected chi connectivity index (χ3v) is 6.05. The standard InChI is InChI=1S/C22H20ClN3O4S/c1-2-20(15-10-12-17(27)13-11-15)24-25-22(28)16-6-5-7-18(14-16)31(29,30)26-21-9-4-3-8-19(21)23/h3-14,26-27H,2H2,1H3,(H,25,28)/b24-20+. The van der Waals surface area contributed by atoms with Gasteiger partial charge in [-0.15, -0.1) is 0 Å². The Labute approximate surface area is 185 Å². The molecule has 0 atom stereocenters. The smallest absolute Gasteiger partial charge is 0.271 e. The highest BCUT2D eigenvalue weighted by Crippen LogP contribution is 2.24. The number of phenols is 1. The molecule has 3 rings (SSSR count). The maximum atomic E-state index is 12.7. The molecule has 0 fully saturated rings. The van der Waals surface area contributed by atoms with E-state index in [2.05, 4.69) is 15.2 Å². The first-order chi connectivity index (χ1) is 14.8. The minimum atomic E-state index is -3.95. The van der Waals surface area contributed by atoms with E-state index in [-0.39, 0.29) is 26.9 Å². The third-order valence-electron chi connectivity index (χ3n) is 4.35. The highest BCUT2D eigenvalue weighted by Gasteiger charge is 2.17. The number of carbonyl (C=O) groups excluding carboxylic acids is 1. The average Bonchev–Trinajstić information content (AvgIpc) is 2.77. The van der Waals surface area contributed by atoms with Gasteiger partial charge in [0, 0.05) is 5.56 Å². The molecule has 0 saturated heterocycles. The summed E-state index contributed by atoms with van der Waals surface area (Å²) in [5, 5.41) is 13.8. The molecule has 9 heteroatoms. The monoisotopic (exact) mass is 457 g/mol. The average molecular weight is 458 g/mol. The lowest BCUT2D eigenvalue weighted by molar-refractivity contribution is 0.0954. The van der Waals surface area contributed by atoms with Gasteiger partial charge in [-0.25, -0.2) is 13.8 Å². The van der Waals surface area contributed by atoms with Crippen molar-refractivity contribution in [1.29, 1.82) is 0 Å². The van der Waals surface area contributed by atoms with E-state index < -0.39 is 15.9 Å². The Balaban J connectivity index is 1.79. The zero-order valence-corrected chi connectivity index (χ0v) is 18.1. The topological polar surface area (TPSA) is 108 Å². The van der Waals surface area contributed by atoms with Crippen LogP contribution in [0.1, 0.15) is 29.3 Å². The number of carbonyl (C=O) groups is 1. The molecule has 0 aromatic heterocycles. The van der Waals surface area contributed by atoms with Crippen LogP contribution in [-0.2, 0) is 10.0 Å². The van der Waals surface area contributed by atoms with Crippen LogP contribution < -0.4 is 10.1 Å². The van der Waals surface area contributed by atoms with Gasteiger partial charge in [0.25, 0.3) is 15.9 Å². The fourth-order valence-corrected chi connectivity index (χ4v) is 4.10. The number of benzene rings is 3. The van der Waals surface area contributed by atoms with E-state index in [0.717, 1.165) is 5.56 Å². The number of hydrazone groups is 1. The molecular weight excluding hydrogens is 438 g/mol. The molecule has 0 aliphatic rings. The number of anilines is 1. The van der Waals surface area contributed by atoms with Gasteiger partial charge in [0.05, 0.1) is 21.3 Å².